The molecule has 0 aliphatic carbocycles. The number of para-hydroxylation sites is 2. The fourth-order valence-electron chi connectivity index (χ4n) is 2.39. The second-order valence-corrected chi connectivity index (χ2v) is 5.52. The number of benzene rings is 2. The van der Waals surface area contributed by atoms with E-state index in [9.17, 15) is 0 Å². The van der Waals surface area contributed by atoms with Crippen LogP contribution in [0, 0.1) is 6.92 Å². The third-order valence-electron chi connectivity index (χ3n) is 3.51. The molecule has 0 radical (unpaired) electrons. The Morgan fingerprint density at radius 2 is 1.82 bits per heavy atom. The Labute approximate surface area is 135 Å². The molecule has 0 saturated carbocycles. The van der Waals surface area contributed by atoms with Gasteiger partial charge in [-0.25, -0.2) is 4.98 Å². The van der Waals surface area contributed by atoms with E-state index in [-0.39, 0.29) is 0 Å². The number of aromatic nitrogens is 2. The van der Waals surface area contributed by atoms with Crippen LogP contribution in [0.3, 0.4) is 0 Å². The summed E-state index contributed by atoms with van der Waals surface area (Å²) in [4.78, 5) is 4.60. The molecule has 0 unspecified atom stereocenters. The topological polar surface area (TPSA) is 41.9 Å². The summed E-state index contributed by atoms with van der Waals surface area (Å²) in [7, 11) is 0. The van der Waals surface area contributed by atoms with E-state index in [0.717, 1.165) is 29.2 Å². The van der Waals surface area contributed by atoms with Crippen LogP contribution in [0.1, 0.15) is 12.5 Å². The fourth-order valence-corrected chi connectivity index (χ4v) is 2.60. The number of anilines is 2. The van der Waals surface area contributed by atoms with Crippen LogP contribution < -0.4 is 10.6 Å². The van der Waals surface area contributed by atoms with Crippen molar-refractivity contribution in [3.05, 3.63) is 54.1 Å². The monoisotopic (exact) mass is 310 g/mol. The lowest BCUT2D eigenvalue weighted by molar-refractivity contribution is 0.799. The van der Waals surface area contributed by atoms with Crippen molar-refractivity contribution in [1.82, 2.24) is 9.55 Å². The molecule has 3 rings (SSSR count). The van der Waals surface area contributed by atoms with Gasteiger partial charge < -0.3 is 15.2 Å². The molecule has 0 spiro atoms. The van der Waals surface area contributed by atoms with Crippen molar-refractivity contribution < 1.29 is 0 Å². The standard InChI is InChI=1S/C17H18N4S/c1-3-21-15-7-5-4-6-14(15)19-16(21)20-17(22)18-13-10-8-12(2)9-11-13/h4-11H,3H2,1-2H3,(H2,18,19,20,22). The highest BCUT2D eigenvalue weighted by molar-refractivity contribution is 7.80. The second-order valence-electron chi connectivity index (χ2n) is 5.11. The summed E-state index contributed by atoms with van der Waals surface area (Å²) in [5, 5.41) is 6.90. The summed E-state index contributed by atoms with van der Waals surface area (Å²) in [6.45, 7) is 4.98. The second kappa shape index (κ2) is 6.15. The SMILES string of the molecule is CCn1c(NC(=S)Nc2ccc(C)cc2)nc2ccccc21. The maximum atomic E-state index is 5.39. The van der Waals surface area contributed by atoms with Crippen LogP contribution in [0.5, 0.6) is 0 Å². The van der Waals surface area contributed by atoms with Crippen molar-refractivity contribution >= 4 is 40.0 Å². The molecule has 0 fully saturated rings. The van der Waals surface area contributed by atoms with Crippen molar-refractivity contribution in [2.45, 2.75) is 20.4 Å². The minimum Gasteiger partial charge on any atom is -0.332 e. The molecule has 5 heteroatoms. The average molecular weight is 310 g/mol. The largest absolute Gasteiger partial charge is 0.332 e. The smallest absolute Gasteiger partial charge is 0.210 e. The van der Waals surface area contributed by atoms with E-state index in [1.54, 1.807) is 0 Å². The van der Waals surface area contributed by atoms with Gasteiger partial charge in [-0.15, -0.1) is 0 Å². The molecule has 2 aromatic carbocycles. The predicted octanol–water partition coefficient (Wildman–Crippen LogP) is 4.17. The van der Waals surface area contributed by atoms with Crippen LogP contribution in [0.15, 0.2) is 48.5 Å². The molecule has 3 aromatic rings. The Bertz CT molecular complexity index is 805. The van der Waals surface area contributed by atoms with Gasteiger partial charge in [-0.3, -0.25) is 0 Å². The van der Waals surface area contributed by atoms with Crippen LogP contribution in [0.2, 0.25) is 0 Å². The lowest BCUT2D eigenvalue weighted by Crippen LogP contribution is -2.21. The molecule has 0 atom stereocenters. The summed E-state index contributed by atoms with van der Waals surface area (Å²) >= 11 is 5.39. The van der Waals surface area contributed by atoms with Gasteiger partial charge >= 0.3 is 0 Å². The zero-order valence-corrected chi connectivity index (χ0v) is 13.4. The number of nitrogens with one attached hydrogen (secondary N) is 2. The zero-order valence-electron chi connectivity index (χ0n) is 12.6. The fraction of sp³-hybridized carbons (Fsp3) is 0.176. The molecule has 0 saturated heterocycles. The van der Waals surface area contributed by atoms with Crippen LogP contribution in [-0.4, -0.2) is 14.7 Å². The Balaban J connectivity index is 1.80. The van der Waals surface area contributed by atoms with E-state index in [0.29, 0.717) is 5.11 Å². The number of rotatable bonds is 3. The molecule has 112 valence electrons. The lowest BCUT2D eigenvalue weighted by atomic mass is 10.2. The van der Waals surface area contributed by atoms with Gasteiger partial charge in [-0.1, -0.05) is 29.8 Å². The summed E-state index contributed by atoms with van der Waals surface area (Å²) in [6, 6.07) is 16.2. The first kappa shape index (κ1) is 14.5. The Kier molecular flexibility index (Phi) is 4.06. The number of nitrogens with zero attached hydrogens (tertiary/aromatic N) is 2. The van der Waals surface area contributed by atoms with Gasteiger partial charge in [0.1, 0.15) is 0 Å². The molecule has 0 aliphatic rings. The lowest BCUT2D eigenvalue weighted by Gasteiger charge is -2.11. The van der Waals surface area contributed by atoms with Gasteiger partial charge in [0, 0.05) is 12.2 Å². The molecule has 2 N–H and O–H groups in total. The summed E-state index contributed by atoms with van der Waals surface area (Å²) in [5.41, 5.74) is 4.25. The number of thiocarbonyl (C=S) groups is 1. The van der Waals surface area contributed by atoms with Crippen molar-refractivity contribution in [2.24, 2.45) is 0 Å². The first-order valence-corrected chi connectivity index (χ1v) is 7.68. The van der Waals surface area contributed by atoms with Gasteiger partial charge in [0.15, 0.2) is 5.11 Å². The molecular weight excluding hydrogens is 292 g/mol. The molecular formula is C17H18N4S. The molecule has 1 heterocycles. The Morgan fingerprint density at radius 3 is 2.55 bits per heavy atom. The number of hydrogen-bond donors (Lipinski definition) is 2. The van der Waals surface area contributed by atoms with E-state index in [4.69, 9.17) is 12.2 Å². The van der Waals surface area contributed by atoms with Crippen LogP contribution in [0.25, 0.3) is 11.0 Å². The van der Waals surface area contributed by atoms with E-state index >= 15 is 0 Å². The van der Waals surface area contributed by atoms with Gasteiger partial charge in [0.25, 0.3) is 0 Å². The molecule has 22 heavy (non-hydrogen) atoms. The van der Waals surface area contributed by atoms with Gasteiger partial charge in [-0.05, 0) is 50.3 Å². The summed E-state index contributed by atoms with van der Waals surface area (Å²) in [5.74, 6) is 0.758. The number of fused-ring (bicyclic) bond motifs is 1. The minimum atomic E-state index is 0.536. The minimum absolute atomic E-state index is 0.536. The van der Waals surface area contributed by atoms with E-state index in [2.05, 4.69) is 40.1 Å². The third-order valence-corrected chi connectivity index (χ3v) is 3.71. The molecule has 0 bridgehead atoms. The molecule has 4 nitrogen and oxygen atoms in total. The van der Waals surface area contributed by atoms with Crippen molar-refractivity contribution in [1.29, 1.82) is 0 Å². The third kappa shape index (κ3) is 2.94. The summed E-state index contributed by atoms with van der Waals surface area (Å²) < 4.78 is 2.11. The Morgan fingerprint density at radius 1 is 1.09 bits per heavy atom. The highest BCUT2D eigenvalue weighted by Gasteiger charge is 2.10. The van der Waals surface area contributed by atoms with Gasteiger partial charge in [-0.2, -0.15) is 0 Å². The maximum Gasteiger partial charge on any atom is 0.210 e. The van der Waals surface area contributed by atoms with Crippen molar-refractivity contribution in [3.8, 4) is 0 Å². The predicted molar refractivity (Wildman–Crippen MR) is 96.4 cm³/mol. The summed E-state index contributed by atoms with van der Waals surface area (Å²) in [6.07, 6.45) is 0. The molecule has 0 aliphatic heterocycles. The first-order valence-electron chi connectivity index (χ1n) is 7.27. The van der Waals surface area contributed by atoms with E-state index < -0.39 is 0 Å². The Hall–Kier alpha value is -2.40. The van der Waals surface area contributed by atoms with E-state index in [1.807, 2.05) is 42.5 Å². The molecule has 0 amide bonds. The maximum absolute atomic E-state index is 5.39. The average Bonchev–Trinajstić information content (AvgIpc) is 2.86. The first-order chi connectivity index (χ1) is 10.7. The normalized spacial score (nSPS) is 10.6. The van der Waals surface area contributed by atoms with Crippen LogP contribution in [0.4, 0.5) is 11.6 Å². The quantitative estimate of drug-likeness (QED) is 0.712. The van der Waals surface area contributed by atoms with Crippen LogP contribution in [-0.2, 0) is 6.54 Å². The number of aryl methyl sites for hydroxylation is 2. The number of imidazole rings is 1. The van der Waals surface area contributed by atoms with Crippen molar-refractivity contribution in [3.63, 3.8) is 0 Å². The van der Waals surface area contributed by atoms with Crippen LogP contribution >= 0.6 is 12.2 Å². The highest BCUT2D eigenvalue weighted by atomic mass is 32.1. The van der Waals surface area contributed by atoms with Crippen molar-refractivity contribution in [2.75, 3.05) is 10.6 Å². The highest BCUT2D eigenvalue weighted by Crippen LogP contribution is 2.19. The van der Waals surface area contributed by atoms with Gasteiger partial charge in [0.05, 0.1) is 11.0 Å². The van der Waals surface area contributed by atoms with Gasteiger partial charge in [0.2, 0.25) is 5.95 Å². The van der Waals surface area contributed by atoms with E-state index in [1.165, 1.54) is 5.56 Å². The number of hydrogen-bond acceptors (Lipinski definition) is 2. The molecule has 1 aromatic heterocycles. The zero-order chi connectivity index (χ0) is 15.5.